The van der Waals surface area contributed by atoms with E-state index >= 15 is 0 Å². The van der Waals surface area contributed by atoms with E-state index in [2.05, 4.69) is 34.6 Å². The van der Waals surface area contributed by atoms with Crippen LogP contribution in [0.4, 0.5) is 0 Å². The first-order valence-electron chi connectivity index (χ1n) is 30.7. The van der Waals surface area contributed by atoms with E-state index in [1.54, 1.807) is 0 Å². The number of carbonyl (C=O) groups excluding carboxylic acids is 3. The van der Waals surface area contributed by atoms with Crippen molar-refractivity contribution in [2.75, 3.05) is 13.2 Å². The summed E-state index contributed by atoms with van der Waals surface area (Å²) in [7, 11) is 0. The number of esters is 3. The van der Waals surface area contributed by atoms with Crippen LogP contribution in [0.1, 0.15) is 349 Å². The molecule has 0 spiro atoms. The van der Waals surface area contributed by atoms with Gasteiger partial charge in [0, 0.05) is 19.3 Å². The molecular weight excluding hydrogens is 841 g/mol. The fourth-order valence-corrected chi connectivity index (χ4v) is 9.58. The maximum absolute atomic E-state index is 12.9. The topological polar surface area (TPSA) is 78.9 Å². The number of unbranched alkanes of at least 4 members (excludes halogenated alkanes) is 41. The van der Waals surface area contributed by atoms with Gasteiger partial charge in [0.05, 0.1) is 0 Å². The van der Waals surface area contributed by atoms with Gasteiger partial charge in [-0.05, 0) is 31.1 Å². The summed E-state index contributed by atoms with van der Waals surface area (Å²) >= 11 is 0. The van der Waals surface area contributed by atoms with Gasteiger partial charge in [-0.1, -0.05) is 311 Å². The van der Waals surface area contributed by atoms with Gasteiger partial charge in [0.25, 0.3) is 0 Å². The Morgan fingerprint density at radius 3 is 0.721 bits per heavy atom. The Bertz CT molecular complexity index is 1040. The number of rotatable bonds is 56. The van der Waals surface area contributed by atoms with Crippen molar-refractivity contribution in [2.24, 2.45) is 11.8 Å². The van der Waals surface area contributed by atoms with Crippen molar-refractivity contribution in [3.8, 4) is 0 Å². The van der Waals surface area contributed by atoms with Crippen LogP contribution in [0.5, 0.6) is 0 Å². The van der Waals surface area contributed by atoms with Gasteiger partial charge in [-0.25, -0.2) is 0 Å². The molecule has 0 aromatic carbocycles. The SMILES string of the molecule is CCCCCCCCCCCCCCCCC(=O)O[C@@H](COC(=O)CCCCCCCCCCCCCCCCCCCCC(C)C)COC(=O)CCCCCCCCCCCCCCC(C)C. The molecule has 0 rings (SSSR count). The zero-order valence-corrected chi connectivity index (χ0v) is 46.7. The van der Waals surface area contributed by atoms with Gasteiger partial charge in [0.2, 0.25) is 0 Å². The molecule has 0 aromatic rings. The molecule has 0 saturated carbocycles. The molecule has 0 aliphatic rings. The Morgan fingerprint density at radius 2 is 0.485 bits per heavy atom. The average Bonchev–Trinajstić information content (AvgIpc) is 3.31. The molecule has 0 heterocycles. The summed E-state index contributed by atoms with van der Waals surface area (Å²) in [6.45, 7) is 11.4. The third kappa shape index (κ3) is 55.3. The predicted octanol–water partition coefficient (Wildman–Crippen LogP) is 20.4. The molecule has 0 bridgehead atoms. The lowest BCUT2D eigenvalue weighted by atomic mass is 10.0. The Balaban J connectivity index is 4.25. The summed E-state index contributed by atoms with van der Waals surface area (Å²) < 4.78 is 16.9. The lowest BCUT2D eigenvalue weighted by Crippen LogP contribution is -2.30. The third-order valence-corrected chi connectivity index (χ3v) is 14.2. The Labute approximate surface area is 425 Å². The van der Waals surface area contributed by atoms with Crippen LogP contribution in [0.15, 0.2) is 0 Å². The van der Waals surface area contributed by atoms with E-state index in [1.807, 2.05) is 0 Å². The molecule has 0 N–H and O–H groups in total. The van der Waals surface area contributed by atoms with Gasteiger partial charge in [0.15, 0.2) is 6.10 Å². The monoisotopic (exact) mass is 961 g/mol. The Hall–Kier alpha value is -1.59. The van der Waals surface area contributed by atoms with E-state index in [1.165, 1.54) is 238 Å². The normalized spacial score (nSPS) is 12.0. The van der Waals surface area contributed by atoms with Crippen LogP contribution in [0.2, 0.25) is 0 Å². The second kappa shape index (κ2) is 54.7. The Kier molecular flexibility index (Phi) is 53.5. The lowest BCUT2D eigenvalue weighted by Gasteiger charge is -2.18. The first kappa shape index (κ1) is 66.4. The zero-order valence-electron chi connectivity index (χ0n) is 46.7. The molecule has 6 nitrogen and oxygen atoms in total. The largest absolute Gasteiger partial charge is 0.462 e. The average molecular weight is 962 g/mol. The van der Waals surface area contributed by atoms with Crippen LogP contribution in [-0.2, 0) is 28.6 Å². The molecule has 0 aliphatic carbocycles. The van der Waals surface area contributed by atoms with Crippen molar-refractivity contribution >= 4 is 17.9 Å². The maximum atomic E-state index is 12.9. The van der Waals surface area contributed by atoms with Crippen molar-refractivity contribution in [3.05, 3.63) is 0 Å². The van der Waals surface area contributed by atoms with E-state index in [0.717, 1.165) is 69.6 Å². The fourth-order valence-electron chi connectivity index (χ4n) is 9.58. The fraction of sp³-hybridized carbons (Fsp3) is 0.952. The number of hydrogen-bond acceptors (Lipinski definition) is 6. The predicted molar refractivity (Wildman–Crippen MR) is 293 cm³/mol. The highest BCUT2D eigenvalue weighted by molar-refractivity contribution is 5.71. The summed E-state index contributed by atoms with van der Waals surface area (Å²) in [4.78, 5) is 38.2. The van der Waals surface area contributed by atoms with Crippen molar-refractivity contribution in [3.63, 3.8) is 0 Å². The van der Waals surface area contributed by atoms with Crippen molar-refractivity contribution in [1.29, 1.82) is 0 Å². The molecule has 0 unspecified atom stereocenters. The molecule has 1 atom stereocenters. The first-order chi connectivity index (χ1) is 33.2. The molecule has 0 saturated heterocycles. The highest BCUT2D eigenvalue weighted by atomic mass is 16.6. The minimum atomic E-state index is -0.763. The van der Waals surface area contributed by atoms with Gasteiger partial charge >= 0.3 is 17.9 Å². The molecular formula is C62H120O6. The molecule has 0 fully saturated rings. The molecule has 404 valence electrons. The summed E-state index contributed by atoms with van der Waals surface area (Å²) in [5.41, 5.74) is 0. The second-order valence-corrected chi connectivity index (χ2v) is 22.3. The molecule has 0 radical (unpaired) electrons. The van der Waals surface area contributed by atoms with Crippen molar-refractivity contribution < 1.29 is 28.6 Å². The molecule has 0 amide bonds. The van der Waals surface area contributed by atoms with Crippen LogP contribution in [0, 0.1) is 11.8 Å². The standard InChI is InChI=1S/C62H120O6/c1-6-7-8-9-10-11-12-13-21-29-34-39-44-49-54-62(65)68-59(56-67-61(64)53-48-43-38-33-28-24-23-26-31-36-41-46-51-58(4)5)55-66-60(63)52-47-42-37-32-27-22-19-17-15-14-16-18-20-25-30-35-40-45-50-57(2)3/h57-59H,6-56H2,1-5H3/t59-/m0/s1. The van der Waals surface area contributed by atoms with Gasteiger partial charge in [-0.15, -0.1) is 0 Å². The van der Waals surface area contributed by atoms with Gasteiger partial charge in [-0.3, -0.25) is 14.4 Å². The number of hydrogen-bond donors (Lipinski definition) is 0. The van der Waals surface area contributed by atoms with Crippen molar-refractivity contribution in [2.45, 2.75) is 355 Å². The number of ether oxygens (including phenoxy) is 3. The second-order valence-electron chi connectivity index (χ2n) is 22.3. The minimum Gasteiger partial charge on any atom is -0.462 e. The highest BCUT2D eigenvalue weighted by Crippen LogP contribution is 2.19. The van der Waals surface area contributed by atoms with Crippen LogP contribution in [0.25, 0.3) is 0 Å². The lowest BCUT2D eigenvalue weighted by molar-refractivity contribution is -0.167. The maximum Gasteiger partial charge on any atom is 0.306 e. The molecule has 0 aromatic heterocycles. The van der Waals surface area contributed by atoms with Crippen LogP contribution < -0.4 is 0 Å². The zero-order chi connectivity index (χ0) is 49.6. The summed E-state index contributed by atoms with van der Waals surface area (Å²) in [6.07, 6.45) is 59.6. The molecule has 0 aliphatic heterocycles. The summed E-state index contributed by atoms with van der Waals surface area (Å²) in [5, 5.41) is 0. The summed E-state index contributed by atoms with van der Waals surface area (Å²) in [5.74, 6) is 0.858. The molecule has 68 heavy (non-hydrogen) atoms. The van der Waals surface area contributed by atoms with Crippen LogP contribution >= 0.6 is 0 Å². The van der Waals surface area contributed by atoms with Crippen LogP contribution in [-0.4, -0.2) is 37.2 Å². The third-order valence-electron chi connectivity index (χ3n) is 14.2. The first-order valence-corrected chi connectivity index (χ1v) is 30.7. The Morgan fingerprint density at radius 1 is 0.279 bits per heavy atom. The smallest absolute Gasteiger partial charge is 0.306 e. The van der Waals surface area contributed by atoms with Crippen molar-refractivity contribution in [1.82, 2.24) is 0 Å². The van der Waals surface area contributed by atoms with E-state index in [0.29, 0.717) is 19.3 Å². The van der Waals surface area contributed by atoms with Gasteiger partial charge in [0.1, 0.15) is 13.2 Å². The minimum absolute atomic E-state index is 0.0621. The van der Waals surface area contributed by atoms with E-state index < -0.39 is 6.10 Å². The molecule has 6 heteroatoms. The highest BCUT2D eigenvalue weighted by Gasteiger charge is 2.19. The van der Waals surface area contributed by atoms with E-state index in [4.69, 9.17) is 14.2 Å². The quantitative estimate of drug-likeness (QED) is 0.0343. The van der Waals surface area contributed by atoms with Gasteiger partial charge < -0.3 is 14.2 Å². The van der Waals surface area contributed by atoms with E-state index in [9.17, 15) is 14.4 Å². The van der Waals surface area contributed by atoms with E-state index in [-0.39, 0.29) is 31.1 Å². The summed E-state index contributed by atoms with van der Waals surface area (Å²) in [6, 6.07) is 0. The number of carbonyl (C=O) groups is 3. The van der Waals surface area contributed by atoms with Crippen LogP contribution in [0.3, 0.4) is 0 Å². The van der Waals surface area contributed by atoms with Gasteiger partial charge in [-0.2, -0.15) is 0 Å².